The van der Waals surface area contributed by atoms with Crippen molar-refractivity contribution in [3.63, 3.8) is 0 Å². The van der Waals surface area contributed by atoms with Crippen molar-refractivity contribution in [1.82, 2.24) is 5.32 Å². The molecule has 2 N–H and O–H groups in total. The summed E-state index contributed by atoms with van der Waals surface area (Å²) in [6.07, 6.45) is 0. The number of aliphatic hydroxyl groups is 1. The normalized spacial score (nSPS) is 12.8. The molecule has 0 spiro atoms. The summed E-state index contributed by atoms with van der Waals surface area (Å²) in [5.74, 6) is 1.20. The third-order valence-corrected chi connectivity index (χ3v) is 2.57. The van der Waals surface area contributed by atoms with Gasteiger partial charge in [0.25, 0.3) is 0 Å². The minimum absolute atomic E-state index is 0.124. The molecular weight excluding hydrogens is 206 g/mol. The van der Waals surface area contributed by atoms with E-state index < -0.39 is 0 Å². The van der Waals surface area contributed by atoms with Crippen LogP contribution in [0.3, 0.4) is 0 Å². The van der Waals surface area contributed by atoms with Crippen LogP contribution in [0.4, 0.5) is 0 Å². The Labute approximate surface area is 95.7 Å². The molecular formula is C12H19NO3. The first-order valence-electron chi connectivity index (χ1n) is 5.48. The van der Waals surface area contributed by atoms with Gasteiger partial charge in [-0.3, -0.25) is 4.79 Å². The Kier molecular flexibility index (Phi) is 4.55. The van der Waals surface area contributed by atoms with Crippen molar-refractivity contribution in [2.75, 3.05) is 6.61 Å². The predicted octanol–water partition coefficient (Wildman–Crippen LogP) is 1.47. The number of carbonyl (C=O) groups excluding carboxylic acids is 1. The molecule has 1 rings (SSSR count). The minimum Gasteiger partial charge on any atom is -0.465 e. The number of carbonyl (C=O) groups is 1. The Bertz CT molecular complexity index is 344. The van der Waals surface area contributed by atoms with Crippen molar-refractivity contribution >= 4 is 5.91 Å². The van der Waals surface area contributed by atoms with E-state index in [2.05, 4.69) is 5.32 Å². The molecule has 90 valence electrons. The summed E-state index contributed by atoms with van der Waals surface area (Å²) in [4.78, 5) is 11.7. The molecule has 16 heavy (non-hydrogen) atoms. The number of amides is 1. The zero-order valence-electron chi connectivity index (χ0n) is 9.99. The first kappa shape index (κ1) is 12.8. The molecule has 1 atom stereocenters. The molecule has 0 aliphatic carbocycles. The average molecular weight is 225 g/mol. The molecule has 0 saturated carbocycles. The Hall–Kier alpha value is -1.29. The fourth-order valence-electron chi connectivity index (χ4n) is 1.48. The van der Waals surface area contributed by atoms with Crippen molar-refractivity contribution < 1.29 is 14.3 Å². The van der Waals surface area contributed by atoms with Crippen LogP contribution in [0.2, 0.25) is 0 Å². The van der Waals surface area contributed by atoms with Crippen LogP contribution in [0.5, 0.6) is 0 Å². The summed E-state index contributed by atoms with van der Waals surface area (Å²) in [7, 11) is 0. The largest absolute Gasteiger partial charge is 0.465 e. The highest BCUT2D eigenvalue weighted by Crippen LogP contribution is 2.11. The van der Waals surface area contributed by atoms with Gasteiger partial charge in [0.15, 0.2) is 0 Å². The van der Waals surface area contributed by atoms with Crippen LogP contribution in [0.15, 0.2) is 16.5 Å². The highest BCUT2D eigenvalue weighted by atomic mass is 16.3. The number of furan rings is 1. The van der Waals surface area contributed by atoms with Gasteiger partial charge < -0.3 is 14.8 Å². The van der Waals surface area contributed by atoms with E-state index >= 15 is 0 Å². The molecule has 4 heteroatoms. The third kappa shape index (κ3) is 3.38. The molecule has 1 unspecified atom stereocenters. The highest BCUT2D eigenvalue weighted by Gasteiger charge is 2.20. The molecule has 0 fully saturated rings. The smallest absolute Gasteiger partial charge is 0.226 e. The number of aryl methyl sites for hydroxylation is 1. The van der Waals surface area contributed by atoms with Crippen LogP contribution in [-0.4, -0.2) is 17.6 Å². The fourth-order valence-corrected chi connectivity index (χ4v) is 1.48. The maximum atomic E-state index is 11.7. The van der Waals surface area contributed by atoms with Gasteiger partial charge in [-0.25, -0.2) is 0 Å². The molecule has 1 aromatic heterocycles. The van der Waals surface area contributed by atoms with Crippen molar-refractivity contribution in [3.05, 3.63) is 23.7 Å². The Balaban J connectivity index is 2.45. The SMILES string of the molecule is Cc1ccc(CNC(=O)C(CO)C(C)C)o1. The van der Waals surface area contributed by atoms with Crippen molar-refractivity contribution in [1.29, 1.82) is 0 Å². The van der Waals surface area contributed by atoms with Crippen LogP contribution in [0.1, 0.15) is 25.4 Å². The topological polar surface area (TPSA) is 62.5 Å². The van der Waals surface area contributed by atoms with Crippen molar-refractivity contribution in [2.24, 2.45) is 11.8 Å². The molecule has 0 saturated heterocycles. The lowest BCUT2D eigenvalue weighted by Crippen LogP contribution is -2.35. The van der Waals surface area contributed by atoms with Gasteiger partial charge in [0.2, 0.25) is 5.91 Å². The van der Waals surface area contributed by atoms with Crippen molar-refractivity contribution in [2.45, 2.75) is 27.3 Å². The number of hydrogen-bond donors (Lipinski definition) is 2. The third-order valence-electron chi connectivity index (χ3n) is 2.57. The lowest BCUT2D eigenvalue weighted by Gasteiger charge is -2.17. The monoisotopic (exact) mass is 225 g/mol. The number of rotatable bonds is 5. The molecule has 4 nitrogen and oxygen atoms in total. The zero-order valence-corrected chi connectivity index (χ0v) is 9.99. The maximum absolute atomic E-state index is 11.7. The highest BCUT2D eigenvalue weighted by molar-refractivity contribution is 5.78. The van der Waals surface area contributed by atoms with Crippen LogP contribution in [0, 0.1) is 18.8 Å². The quantitative estimate of drug-likeness (QED) is 0.797. The van der Waals surface area contributed by atoms with Crippen LogP contribution >= 0.6 is 0 Å². The van der Waals surface area contributed by atoms with E-state index in [-0.39, 0.29) is 24.3 Å². The molecule has 0 radical (unpaired) electrons. The second kappa shape index (κ2) is 5.70. The Morgan fingerprint density at radius 2 is 2.19 bits per heavy atom. The van der Waals surface area contributed by atoms with E-state index in [4.69, 9.17) is 9.52 Å². The summed E-state index contributed by atoms with van der Waals surface area (Å²) in [6.45, 7) is 5.93. The van der Waals surface area contributed by atoms with E-state index in [0.29, 0.717) is 6.54 Å². The first-order chi connectivity index (χ1) is 7.54. The number of nitrogens with one attached hydrogen (secondary N) is 1. The van der Waals surface area contributed by atoms with Gasteiger partial charge in [-0.05, 0) is 25.0 Å². The molecule has 1 amide bonds. The van der Waals surface area contributed by atoms with E-state index in [1.165, 1.54) is 0 Å². The summed E-state index contributed by atoms with van der Waals surface area (Å²) < 4.78 is 5.33. The van der Waals surface area contributed by atoms with Gasteiger partial charge in [0, 0.05) is 0 Å². The summed E-state index contributed by atoms with van der Waals surface area (Å²) >= 11 is 0. The van der Waals surface area contributed by atoms with Gasteiger partial charge in [-0.2, -0.15) is 0 Å². The van der Waals surface area contributed by atoms with Crippen LogP contribution in [0.25, 0.3) is 0 Å². The van der Waals surface area contributed by atoms with E-state index in [1.54, 1.807) is 0 Å². The lowest BCUT2D eigenvalue weighted by atomic mass is 9.96. The fraction of sp³-hybridized carbons (Fsp3) is 0.583. The Morgan fingerprint density at radius 1 is 1.50 bits per heavy atom. The standard InChI is InChI=1S/C12H19NO3/c1-8(2)11(7-14)12(15)13-6-10-5-4-9(3)16-10/h4-5,8,11,14H,6-7H2,1-3H3,(H,13,15). The maximum Gasteiger partial charge on any atom is 0.226 e. The number of hydrogen-bond acceptors (Lipinski definition) is 3. The van der Waals surface area contributed by atoms with E-state index in [1.807, 2.05) is 32.9 Å². The summed E-state index contributed by atoms with van der Waals surface area (Å²) in [5, 5.41) is 11.8. The minimum atomic E-state index is -0.351. The second-order valence-electron chi connectivity index (χ2n) is 4.26. The molecule has 0 aliphatic heterocycles. The van der Waals surface area contributed by atoms with Gasteiger partial charge in [-0.15, -0.1) is 0 Å². The average Bonchev–Trinajstić information content (AvgIpc) is 2.62. The number of aliphatic hydroxyl groups excluding tert-OH is 1. The van der Waals surface area contributed by atoms with Gasteiger partial charge in [0.05, 0.1) is 19.1 Å². The van der Waals surface area contributed by atoms with E-state index in [0.717, 1.165) is 11.5 Å². The molecule has 0 aromatic carbocycles. The van der Waals surface area contributed by atoms with Crippen molar-refractivity contribution in [3.8, 4) is 0 Å². The van der Waals surface area contributed by atoms with E-state index in [9.17, 15) is 4.79 Å². The first-order valence-corrected chi connectivity index (χ1v) is 5.48. The van der Waals surface area contributed by atoms with Crippen LogP contribution in [-0.2, 0) is 11.3 Å². The predicted molar refractivity (Wildman–Crippen MR) is 60.7 cm³/mol. The molecule has 1 aromatic rings. The molecule has 0 aliphatic rings. The Morgan fingerprint density at radius 3 is 2.62 bits per heavy atom. The molecule has 1 heterocycles. The van der Waals surface area contributed by atoms with Crippen LogP contribution < -0.4 is 5.32 Å². The lowest BCUT2D eigenvalue weighted by molar-refractivity contribution is -0.127. The zero-order chi connectivity index (χ0) is 12.1. The second-order valence-corrected chi connectivity index (χ2v) is 4.26. The van der Waals surface area contributed by atoms with Gasteiger partial charge >= 0.3 is 0 Å². The summed E-state index contributed by atoms with van der Waals surface area (Å²) in [5.41, 5.74) is 0. The molecule has 0 bridgehead atoms. The van der Waals surface area contributed by atoms with Gasteiger partial charge in [-0.1, -0.05) is 13.8 Å². The summed E-state index contributed by atoms with van der Waals surface area (Å²) in [6, 6.07) is 3.69. The van der Waals surface area contributed by atoms with Gasteiger partial charge in [0.1, 0.15) is 11.5 Å².